The summed E-state index contributed by atoms with van der Waals surface area (Å²) >= 11 is 5.89. The fraction of sp³-hybridized carbons (Fsp3) is 0.100. The van der Waals surface area contributed by atoms with Crippen molar-refractivity contribution in [2.45, 2.75) is 17.1 Å². The predicted molar refractivity (Wildman–Crippen MR) is 164 cm³/mol. The number of sulfonamides is 1. The monoisotopic (exact) mass is 628 g/mol. The third kappa shape index (κ3) is 5.88. The Morgan fingerprint density at radius 3 is 2.41 bits per heavy atom. The minimum Gasteiger partial charge on any atom is -0.489 e. The molecule has 14 heteroatoms. The molecule has 1 unspecified atom stereocenters. The highest BCUT2D eigenvalue weighted by atomic mass is 35.5. The number of guanidine groups is 1. The average Bonchev–Trinajstić information content (AvgIpc) is 3.70. The van der Waals surface area contributed by atoms with Gasteiger partial charge in [-0.2, -0.15) is 18.7 Å². The van der Waals surface area contributed by atoms with Gasteiger partial charge >= 0.3 is 0 Å². The van der Waals surface area contributed by atoms with Crippen molar-refractivity contribution in [2.24, 2.45) is 15.2 Å². The van der Waals surface area contributed by atoms with Gasteiger partial charge in [-0.25, -0.2) is 5.01 Å². The van der Waals surface area contributed by atoms with Crippen LogP contribution in [0, 0.1) is 0 Å². The molecular weight excluding hydrogens is 604 g/mol. The Kier molecular flexibility index (Phi) is 7.82. The number of nitrogens with one attached hydrogen (secondary N) is 1. The number of hydrazone groups is 1. The first-order valence-corrected chi connectivity index (χ1v) is 15.1. The van der Waals surface area contributed by atoms with E-state index in [9.17, 15) is 13.5 Å². The number of hydrogen-bond donors (Lipinski definition) is 3. The Morgan fingerprint density at radius 2 is 1.70 bits per heavy atom. The second-order valence-corrected chi connectivity index (χ2v) is 11.9. The first-order chi connectivity index (χ1) is 21.2. The number of tetrazole rings is 1. The summed E-state index contributed by atoms with van der Waals surface area (Å²) in [6.45, 7) is 0.0881. The van der Waals surface area contributed by atoms with E-state index in [4.69, 9.17) is 22.1 Å². The van der Waals surface area contributed by atoms with Gasteiger partial charge in [-0.3, -0.25) is 0 Å². The molecule has 0 aliphatic carbocycles. The Bertz CT molecular complexity index is 1940. The molecule has 6 rings (SSSR count). The summed E-state index contributed by atoms with van der Waals surface area (Å²) in [7, 11) is -4.17. The summed E-state index contributed by atoms with van der Waals surface area (Å²) < 4.78 is 35.6. The van der Waals surface area contributed by atoms with E-state index in [0.29, 0.717) is 27.7 Å². The van der Waals surface area contributed by atoms with Gasteiger partial charge in [-0.1, -0.05) is 66.2 Å². The summed E-state index contributed by atoms with van der Waals surface area (Å²) in [5.41, 5.74) is 7.58. The van der Waals surface area contributed by atoms with Crippen LogP contribution in [-0.4, -0.2) is 57.4 Å². The van der Waals surface area contributed by atoms with E-state index in [-0.39, 0.29) is 23.8 Å². The minimum absolute atomic E-state index is 0.0814. The van der Waals surface area contributed by atoms with E-state index in [1.165, 1.54) is 29.3 Å². The van der Waals surface area contributed by atoms with E-state index in [2.05, 4.69) is 30.1 Å². The molecule has 1 aliphatic heterocycles. The molecule has 2 heterocycles. The Balaban J connectivity index is 1.27. The largest absolute Gasteiger partial charge is 0.489 e. The molecule has 0 bridgehead atoms. The van der Waals surface area contributed by atoms with Gasteiger partial charge in [-0.05, 0) is 59.3 Å². The SMILES string of the molecule is N/C(=N\S(=O)(=O)c1ccc(Cl)cc1)N1CC(O)(c2ccccc2)C(c2ccc(OCc3ccccc3-c3nn[nH]n3)cc2)=N1. The molecule has 1 aromatic heterocycles. The number of β-amino-alcohol motifs (C(OH)–C–C–N with tert-alkyl or cyclic N) is 1. The van der Waals surface area contributed by atoms with Crippen molar-refractivity contribution in [3.05, 3.63) is 125 Å². The smallest absolute Gasteiger partial charge is 0.285 e. The highest BCUT2D eigenvalue weighted by Gasteiger charge is 2.44. The maximum Gasteiger partial charge on any atom is 0.285 e. The molecule has 4 aromatic carbocycles. The van der Waals surface area contributed by atoms with Gasteiger partial charge in [0.2, 0.25) is 11.8 Å². The maximum absolute atomic E-state index is 12.9. The number of aromatic nitrogens is 4. The van der Waals surface area contributed by atoms with Crippen molar-refractivity contribution in [2.75, 3.05) is 6.54 Å². The lowest BCUT2D eigenvalue weighted by Gasteiger charge is -2.25. The predicted octanol–water partition coefficient (Wildman–Crippen LogP) is 3.71. The highest BCUT2D eigenvalue weighted by molar-refractivity contribution is 7.90. The van der Waals surface area contributed by atoms with Gasteiger partial charge in [0, 0.05) is 21.7 Å². The Labute approximate surface area is 257 Å². The number of nitrogens with zero attached hydrogens (tertiary/aromatic N) is 6. The minimum atomic E-state index is -4.17. The topological polar surface area (TPSA) is 172 Å². The zero-order valence-corrected chi connectivity index (χ0v) is 24.5. The molecule has 5 aromatic rings. The molecule has 4 N–H and O–H groups in total. The first-order valence-electron chi connectivity index (χ1n) is 13.3. The molecule has 222 valence electrons. The van der Waals surface area contributed by atoms with Crippen molar-refractivity contribution in [3.8, 4) is 17.1 Å². The second kappa shape index (κ2) is 11.9. The number of hydrogen-bond acceptors (Lipinski definition) is 8. The standard InChI is InChI=1S/C30H25ClN8O4S/c31-23-12-16-25(17-13-23)44(41,42)36-29(32)39-19-30(40,22-7-2-1-3-8-22)27(35-39)20-10-14-24(15-11-20)43-18-21-6-4-5-9-26(21)28-33-37-38-34-28/h1-17,40H,18-19H2,(H2,32,36)(H,33,34,37,38). The summed E-state index contributed by atoms with van der Waals surface area (Å²) in [6.07, 6.45) is 0. The lowest BCUT2D eigenvalue weighted by molar-refractivity contribution is 0.104. The van der Waals surface area contributed by atoms with Gasteiger partial charge < -0.3 is 15.6 Å². The summed E-state index contributed by atoms with van der Waals surface area (Å²) in [5.74, 6) is 0.641. The lowest BCUT2D eigenvalue weighted by Crippen LogP contribution is -2.42. The van der Waals surface area contributed by atoms with Crippen molar-refractivity contribution < 1.29 is 18.3 Å². The van der Waals surface area contributed by atoms with E-state index >= 15 is 0 Å². The van der Waals surface area contributed by atoms with E-state index in [1.807, 2.05) is 30.3 Å². The molecule has 44 heavy (non-hydrogen) atoms. The summed E-state index contributed by atoms with van der Waals surface area (Å²) in [5, 5.41) is 32.3. The number of H-pyrrole nitrogens is 1. The molecule has 0 radical (unpaired) electrons. The van der Waals surface area contributed by atoms with Gasteiger partial charge in [0.25, 0.3) is 10.0 Å². The highest BCUT2D eigenvalue weighted by Crippen LogP contribution is 2.34. The van der Waals surface area contributed by atoms with Crippen molar-refractivity contribution >= 4 is 33.3 Å². The third-order valence-electron chi connectivity index (χ3n) is 6.96. The van der Waals surface area contributed by atoms with Gasteiger partial charge in [0.15, 0.2) is 5.60 Å². The van der Waals surface area contributed by atoms with Crippen LogP contribution < -0.4 is 10.5 Å². The number of ether oxygens (including phenoxy) is 1. The molecule has 0 amide bonds. The zero-order chi connectivity index (χ0) is 30.7. The quantitative estimate of drug-likeness (QED) is 0.171. The van der Waals surface area contributed by atoms with Crippen LogP contribution in [-0.2, 0) is 22.2 Å². The van der Waals surface area contributed by atoms with Crippen molar-refractivity contribution in [1.82, 2.24) is 25.6 Å². The number of aromatic amines is 1. The zero-order valence-electron chi connectivity index (χ0n) is 22.9. The van der Waals surface area contributed by atoms with E-state index < -0.39 is 21.6 Å². The summed E-state index contributed by atoms with van der Waals surface area (Å²) in [4.78, 5) is -0.0814. The second-order valence-electron chi connectivity index (χ2n) is 9.82. The van der Waals surface area contributed by atoms with Crippen LogP contribution in [0.2, 0.25) is 5.02 Å². The molecule has 1 aliphatic rings. The van der Waals surface area contributed by atoms with Gasteiger partial charge in [0.05, 0.1) is 11.4 Å². The van der Waals surface area contributed by atoms with Crippen LogP contribution >= 0.6 is 11.6 Å². The van der Waals surface area contributed by atoms with Crippen LogP contribution in [0.25, 0.3) is 11.4 Å². The lowest BCUT2D eigenvalue weighted by atomic mass is 9.86. The maximum atomic E-state index is 12.9. The molecule has 1 atom stereocenters. The number of nitrogens with two attached hydrogens (primary N) is 1. The molecule has 0 fully saturated rings. The number of halogens is 1. The third-order valence-corrected chi connectivity index (χ3v) is 8.51. The molecular formula is C30H25ClN8O4S. The van der Waals surface area contributed by atoms with Gasteiger partial charge in [0.1, 0.15) is 18.1 Å². The average molecular weight is 629 g/mol. The first kappa shape index (κ1) is 29.0. The number of rotatable bonds is 8. The van der Waals surface area contributed by atoms with Crippen LogP contribution in [0.4, 0.5) is 0 Å². The Hall–Kier alpha value is -5.11. The van der Waals surface area contributed by atoms with E-state index in [1.54, 1.807) is 48.5 Å². The normalized spacial score (nSPS) is 17.0. The molecule has 0 saturated heterocycles. The van der Waals surface area contributed by atoms with E-state index in [0.717, 1.165) is 11.1 Å². The van der Waals surface area contributed by atoms with Crippen LogP contribution in [0.1, 0.15) is 16.7 Å². The number of aliphatic hydroxyl groups is 1. The molecule has 0 spiro atoms. The molecule has 12 nitrogen and oxygen atoms in total. The van der Waals surface area contributed by atoms with Crippen molar-refractivity contribution in [1.29, 1.82) is 0 Å². The van der Waals surface area contributed by atoms with Crippen LogP contribution in [0.5, 0.6) is 5.75 Å². The van der Waals surface area contributed by atoms with Crippen molar-refractivity contribution in [3.63, 3.8) is 0 Å². The molecule has 0 saturated carbocycles. The fourth-order valence-corrected chi connectivity index (χ4v) is 5.79. The summed E-state index contributed by atoms with van der Waals surface area (Å²) in [6, 6.07) is 29.1. The van der Waals surface area contributed by atoms with Crippen LogP contribution in [0.15, 0.2) is 118 Å². The Morgan fingerprint density at radius 1 is 1.00 bits per heavy atom. The van der Waals surface area contributed by atoms with Gasteiger partial charge in [-0.15, -0.1) is 14.6 Å². The van der Waals surface area contributed by atoms with Crippen LogP contribution in [0.3, 0.4) is 0 Å². The fourth-order valence-electron chi connectivity index (χ4n) is 4.74. The number of benzene rings is 4.